The lowest BCUT2D eigenvalue weighted by Crippen LogP contribution is -2.53. The van der Waals surface area contributed by atoms with Crippen molar-refractivity contribution in [3.63, 3.8) is 0 Å². The number of hydrogen-bond acceptors (Lipinski definition) is 3. The van der Waals surface area contributed by atoms with Crippen LogP contribution in [0.5, 0.6) is 0 Å². The molecular weight excluding hydrogens is 304 g/mol. The molecule has 1 saturated carbocycles. The number of hydrogen-bond donors (Lipinski definition) is 1. The third kappa shape index (κ3) is 2.61. The Bertz CT molecular complexity index is 633. The van der Waals surface area contributed by atoms with E-state index < -0.39 is 11.8 Å². The Morgan fingerprint density at radius 3 is 2.54 bits per heavy atom. The lowest BCUT2D eigenvalue weighted by Gasteiger charge is -2.39. The number of likely N-dealkylation sites (N-methyl/N-ethyl adjacent to an activating group) is 1. The molecule has 4 atom stereocenters. The number of ketones is 1. The molecule has 1 aromatic rings. The Labute approximate surface area is 143 Å². The summed E-state index contributed by atoms with van der Waals surface area (Å²) in [7, 11) is 1.74. The number of aliphatic hydroxyl groups is 1. The van der Waals surface area contributed by atoms with Crippen molar-refractivity contribution in [2.24, 2.45) is 11.8 Å². The number of urea groups is 1. The van der Waals surface area contributed by atoms with Crippen LogP contribution in [0, 0.1) is 11.8 Å². The van der Waals surface area contributed by atoms with Gasteiger partial charge in [0.2, 0.25) is 0 Å². The van der Waals surface area contributed by atoms with Gasteiger partial charge in [-0.05, 0) is 31.6 Å². The number of carbonyl (C=O) groups is 2. The van der Waals surface area contributed by atoms with Crippen LogP contribution >= 0.6 is 0 Å². The minimum absolute atomic E-state index is 0.0911. The van der Waals surface area contributed by atoms with E-state index in [-0.39, 0.29) is 24.3 Å². The quantitative estimate of drug-likeness (QED) is 0.864. The van der Waals surface area contributed by atoms with Crippen molar-refractivity contribution in [2.75, 3.05) is 13.6 Å². The Balaban J connectivity index is 1.80. The van der Waals surface area contributed by atoms with Crippen LogP contribution in [-0.2, 0) is 0 Å². The van der Waals surface area contributed by atoms with Crippen LogP contribution < -0.4 is 0 Å². The molecular formula is C19H26N2O3. The number of rotatable bonds is 4. The molecule has 4 unspecified atom stereocenters. The maximum absolute atomic E-state index is 12.7. The minimum atomic E-state index is -0.960. The summed E-state index contributed by atoms with van der Waals surface area (Å²) in [6.07, 6.45) is 2.18. The van der Waals surface area contributed by atoms with Crippen molar-refractivity contribution in [1.29, 1.82) is 0 Å². The summed E-state index contributed by atoms with van der Waals surface area (Å²) in [6, 6.07) is 8.64. The average molecular weight is 330 g/mol. The van der Waals surface area contributed by atoms with Gasteiger partial charge in [0, 0.05) is 12.6 Å². The average Bonchev–Trinajstić information content (AvgIpc) is 3.09. The van der Waals surface area contributed by atoms with E-state index in [0.29, 0.717) is 11.5 Å². The van der Waals surface area contributed by atoms with Gasteiger partial charge in [-0.15, -0.1) is 0 Å². The molecule has 0 aromatic heterocycles. The van der Waals surface area contributed by atoms with E-state index in [1.165, 1.54) is 4.90 Å². The molecule has 1 N–H and O–H groups in total. The van der Waals surface area contributed by atoms with Crippen molar-refractivity contribution < 1.29 is 14.7 Å². The zero-order chi connectivity index (χ0) is 17.5. The Morgan fingerprint density at radius 1 is 1.29 bits per heavy atom. The molecule has 1 saturated heterocycles. The lowest BCUT2D eigenvalue weighted by molar-refractivity contribution is -0.0369. The SMILES string of the molecule is CC1CCC(C2(C)C(O)N(CC(=O)c3ccccc3)C(=O)N2C)C1. The fourth-order valence-corrected chi connectivity index (χ4v) is 4.24. The summed E-state index contributed by atoms with van der Waals surface area (Å²) in [4.78, 5) is 28.1. The number of amides is 2. The van der Waals surface area contributed by atoms with Gasteiger partial charge in [0.25, 0.3) is 0 Å². The second-order valence-corrected chi connectivity index (χ2v) is 7.47. The van der Waals surface area contributed by atoms with Crippen molar-refractivity contribution in [3.8, 4) is 0 Å². The number of nitrogens with zero attached hydrogens (tertiary/aromatic N) is 2. The first-order chi connectivity index (χ1) is 11.4. The van der Waals surface area contributed by atoms with E-state index in [9.17, 15) is 14.7 Å². The molecule has 0 bridgehead atoms. The molecule has 2 amide bonds. The monoisotopic (exact) mass is 330 g/mol. The largest absolute Gasteiger partial charge is 0.371 e. The summed E-state index contributed by atoms with van der Waals surface area (Å²) in [5.41, 5.74) is -0.0815. The van der Waals surface area contributed by atoms with Crippen molar-refractivity contribution in [1.82, 2.24) is 9.80 Å². The van der Waals surface area contributed by atoms with Crippen LogP contribution in [0.25, 0.3) is 0 Å². The Morgan fingerprint density at radius 2 is 1.96 bits per heavy atom. The molecule has 5 heteroatoms. The maximum atomic E-state index is 12.7. The molecule has 1 aliphatic carbocycles. The number of benzene rings is 1. The first-order valence-corrected chi connectivity index (χ1v) is 8.66. The highest BCUT2D eigenvalue weighted by Crippen LogP contribution is 2.45. The summed E-state index contributed by atoms with van der Waals surface area (Å²) < 4.78 is 0. The molecule has 2 fully saturated rings. The summed E-state index contributed by atoms with van der Waals surface area (Å²) >= 11 is 0. The molecule has 1 aliphatic heterocycles. The summed E-state index contributed by atoms with van der Waals surface area (Å²) in [5.74, 6) is 0.719. The van der Waals surface area contributed by atoms with Gasteiger partial charge in [-0.25, -0.2) is 4.79 Å². The number of aliphatic hydroxyl groups excluding tert-OH is 1. The van der Waals surface area contributed by atoms with E-state index in [4.69, 9.17) is 0 Å². The summed E-state index contributed by atoms with van der Waals surface area (Å²) in [6.45, 7) is 4.07. The van der Waals surface area contributed by atoms with Gasteiger partial charge in [-0.2, -0.15) is 0 Å². The van der Waals surface area contributed by atoms with Crippen LogP contribution in [0.2, 0.25) is 0 Å². The Kier molecular flexibility index (Phi) is 4.38. The fourth-order valence-electron chi connectivity index (χ4n) is 4.24. The van der Waals surface area contributed by atoms with Crippen molar-refractivity contribution >= 4 is 11.8 Å². The van der Waals surface area contributed by atoms with E-state index in [1.807, 2.05) is 13.0 Å². The second kappa shape index (κ2) is 6.20. The smallest absolute Gasteiger partial charge is 0.322 e. The summed E-state index contributed by atoms with van der Waals surface area (Å²) in [5, 5.41) is 10.9. The van der Waals surface area contributed by atoms with Gasteiger partial charge in [0.1, 0.15) is 0 Å². The van der Waals surface area contributed by atoms with Crippen molar-refractivity contribution in [3.05, 3.63) is 35.9 Å². The number of carbonyl (C=O) groups excluding carboxylic acids is 2. The maximum Gasteiger partial charge on any atom is 0.322 e. The first-order valence-electron chi connectivity index (χ1n) is 8.66. The molecule has 0 spiro atoms. The first kappa shape index (κ1) is 17.0. The molecule has 24 heavy (non-hydrogen) atoms. The molecule has 2 aliphatic rings. The standard InChI is InChI=1S/C19H26N2O3/c1-13-9-10-15(11-13)19(2)17(23)21(18(24)20(19)3)12-16(22)14-7-5-4-6-8-14/h4-8,13,15,17,23H,9-12H2,1-3H3. The van der Waals surface area contributed by atoms with Crippen LogP contribution in [0.15, 0.2) is 30.3 Å². The van der Waals surface area contributed by atoms with Crippen LogP contribution in [0.4, 0.5) is 4.79 Å². The van der Waals surface area contributed by atoms with Gasteiger partial charge in [-0.1, -0.05) is 43.7 Å². The molecule has 5 nitrogen and oxygen atoms in total. The molecule has 3 rings (SSSR count). The zero-order valence-electron chi connectivity index (χ0n) is 14.6. The highest BCUT2D eigenvalue weighted by molar-refractivity contribution is 5.99. The van der Waals surface area contributed by atoms with E-state index in [1.54, 1.807) is 36.2 Å². The highest BCUT2D eigenvalue weighted by Gasteiger charge is 2.57. The fraction of sp³-hybridized carbons (Fsp3) is 0.579. The molecule has 130 valence electrons. The normalized spacial score (nSPS) is 33.3. The highest BCUT2D eigenvalue weighted by atomic mass is 16.3. The van der Waals surface area contributed by atoms with E-state index >= 15 is 0 Å². The van der Waals surface area contributed by atoms with Gasteiger partial charge in [0.05, 0.1) is 12.1 Å². The van der Waals surface area contributed by atoms with E-state index in [0.717, 1.165) is 19.3 Å². The molecule has 0 radical (unpaired) electrons. The Hall–Kier alpha value is -1.88. The van der Waals surface area contributed by atoms with Crippen molar-refractivity contribution in [2.45, 2.75) is 44.9 Å². The van der Waals surface area contributed by atoms with Crippen LogP contribution in [0.3, 0.4) is 0 Å². The third-order valence-corrected chi connectivity index (χ3v) is 6.00. The zero-order valence-corrected chi connectivity index (χ0v) is 14.6. The van der Waals surface area contributed by atoms with Crippen LogP contribution in [-0.4, -0.2) is 52.1 Å². The van der Waals surface area contributed by atoms with Gasteiger partial charge in [0.15, 0.2) is 12.0 Å². The molecule has 1 heterocycles. The molecule has 1 aromatic carbocycles. The minimum Gasteiger partial charge on any atom is -0.371 e. The van der Waals surface area contributed by atoms with Gasteiger partial charge < -0.3 is 10.0 Å². The number of Topliss-reactive ketones (excluding diaryl/α,β-unsaturated/α-hetero) is 1. The topological polar surface area (TPSA) is 60.9 Å². The lowest BCUT2D eigenvalue weighted by atomic mass is 9.82. The predicted molar refractivity (Wildman–Crippen MR) is 91.6 cm³/mol. The second-order valence-electron chi connectivity index (χ2n) is 7.47. The van der Waals surface area contributed by atoms with Gasteiger partial charge >= 0.3 is 6.03 Å². The van der Waals surface area contributed by atoms with E-state index in [2.05, 4.69) is 6.92 Å². The van der Waals surface area contributed by atoms with Crippen LogP contribution in [0.1, 0.15) is 43.5 Å². The predicted octanol–water partition coefficient (Wildman–Crippen LogP) is 2.75. The third-order valence-electron chi connectivity index (χ3n) is 6.00. The van der Waals surface area contributed by atoms with Gasteiger partial charge in [-0.3, -0.25) is 9.69 Å².